The van der Waals surface area contributed by atoms with Crippen LogP contribution in [0.3, 0.4) is 0 Å². The van der Waals surface area contributed by atoms with E-state index in [-0.39, 0.29) is 11.8 Å². The summed E-state index contributed by atoms with van der Waals surface area (Å²) in [4.78, 5) is 27.4. The van der Waals surface area contributed by atoms with Gasteiger partial charge in [-0.2, -0.15) is 0 Å². The Hall–Kier alpha value is -1.40. The molecule has 6 heteroatoms. The highest BCUT2D eigenvalue weighted by Gasteiger charge is 2.21. The van der Waals surface area contributed by atoms with E-state index in [1.165, 1.54) is 4.90 Å². The van der Waals surface area contributed by atoms with Crippen molar-refractivity contribution in [2.24, 2.45) is 0 Å². The summed E-state index contributed by atoms with van der Waals surface area (Å²) in [6.07, 6.45) is 0.356. The summed E-state index contributed by atoms with van der Waals surface area (Å²) in [6.45, 7) is 3.98. The average Bonchev–Trinajstić information content (AvgIpc) is 2.48. The minimum absolute atomic E-state index is 0.120. The van der Waals surface area contributed by atoms with Crippen LogP contribution in [0, 0.1) is 0 Å². The van der Waals surface area contributed by atoms with Crippen LogP contribution in [0.5, 0.6) is 0 Å². The van der Waals surface area contributed by atoms with Crippen molar-refractivity contribution in [3.8, 4) is 0 Å². The number of carbonyl (C=O) groups is 2. The maximum Gasteiger partial charge on any atom is 0.252 e. The zero-order chi connectivity index (χ0) is 15.2. The van der Waals surface area contributed by atoms with Gasteiger partial charge in [0.2, 0.25) is 5.91 Å². The molecular weight excluding hydrogens is 334 g/mol. The van der Waals surface area contributed by atoms with Gasteiger partial charge in [-0.05, 0) is 28.1 Å². The van der Waals surface area contributed by atoms with Crippen LogP contribution in [0.15, 0.2) is 28.7 Å². The highest BCUT2D eigenvalue weighted by molar-refractivity contribution is 9.10. The van der Waals surface area contributed by atoms with Crippen molar-refractivity contribution in [3.63, 3.8) is 0 Å². The van der Waals surface area contributed by atoms with Crippen LogP contribution < -0.4 is 10.2 Å². The van der Waals surface area contributed by atoms with Crippen molar-refractivity contribution in [2.75, 3.05) is 39.8 Å². The van der Waals surface area contributed by atoms with E-state index in [4.69, 9.17) is 0 Å². The average molecular weight is 355 g/mol. The molecule has 0 atom stereocenters. The molecule has 1 aliphatic rings. The predicted molar refractivity (Wildman–Crippen MR) is 84.3 cm³/mol. The smallest absolute Gasteiger partial charge is 0.252 e. The van der Waals surface area contributed by atoms with Crippen LogP contribution in [0.1, 0.15) is 16.8 Å². The van der Waals surface area contributed by atoms with Gasteiger partial charge in [0.15, 0.2) is 0 Å². The van der Waals surface area contributed by atoms with Crippen molar-refractivity contribution in [1.29, 1.82) is 0 Å². The lowest BCUT2D eigenvalue weighted by Gasteiger charge is -2.30. The summed E-state index contributed by atoms with van der Waals surface area (Å²) in [6, 6.07) is 7.26. The predicted octanol–water partition coefficient (Wildman–Crippen LogP) is -0.0741. The van der Waals surface area contributed by atoms with Gasteiger partial charge in [0.05, 0.1) is 38.8 Å². The lowest BCUT2D eigenvalue weighted by Crippen LogP contribution is -3.12. The highest BCUT2D eigenvalue weighted by Crippen LogP contribution is 2.15. The number of rotatable bonds is 4. The van der Waals surface area contributed by atoms with Gasteiger partial charge in [-0.25, -0.2) is 0 Å². The minimum atomic E-state index is -0.155. The summed E-state index contributed by atoms with van der Waals surface area (Å²) in [5, 5.41) is 2.80. The molecule has 2 rings (SSSR count). The topological polar surface area (TPSA) is 53.9 Å². The normalized spacial score (nSPS) is 15.8. The van der Waals surface area contributed by atoms with Gasteiger partial charge in [0.25, 0.3) is 5.91 Å². The number of likely N-dealkylation sites (N-methyl/N-ethyl adjacent to an activating group) is 1. The first-order valence-electron chi connectivity index (χ1n) is 7.19. The Labute approximate surface area is 133 Å². The molecule has 2 N–H and O–H groups in total. The van der Waals surface area contributed by atoms with Crippen molar-refractivity contribution in [1.82, 2.24) is 10.2 Å². The standard InChI is InChI=1S/C15H20BrN3O2/c1-18-8-10-19(11-9-18)14(20)6-7-17-15(21)12-4-2-3-5-13(12)16/h2-5H,6-11H2,1H3,(H,17,21)/p+1. The fourth-order valence-electron chi connectivity index (χ4n) is 2.32. The molecule has 1 heterocycles. The summed E-state index contributed by atoms with van der Waals surface area (Å²) in [5.41, 5.74) is 0.591. The molecule has 0 bridgehead atoms. The van der Waals surface area contributed by atoms with E-state index in [0.717, 1.165) is 30.7 Å². The third kappa shape index (κ3) is 4.54. The third-order valence-corrected chi connectivity index (χ3v) is 4.40. The van der Waals surface area contributed by atoms with Crippen molar-refractivity contribution in [2.45, 2.75) is 6.42 Å². The number of benzene rings is 1. The second kappa shape index (κ2) is 7.56. The summed E-state index contributed by atoms with van der Waals surface area (Å²) < 4.78 is 0.760. The maximum absolute atomic E-state index is 12.0. The van der Waals surface area contributed by atoms with E-state index >= 15 is 0 Å². The molecule has 1 aromatic carbocycles. The van der Waals surface area contributed by atoms with E-state index in [9.17, 15) is 9.59 Å². The van der Waals surface area contributed by atoms with Gasteiger partial charge < -0.3 is 15.1 Å². The quantitative estimate of drug-likeness (QED) is 0.794. The lowest BCUT2D eigenvalue weighted by molar-refractivity contribution is -0.883. The first kappa shape index (κ1) is 16.0. The third-order valence-electron chi connectivity index (χ3n) is 3.71. The fourth-order valence-corrected chi connectivity index (χ4v) is 2.78. The van der Waals surface area contributed by atoms with Crippen LogP contribution in [-0.2, 0) is 4.79 Å². The number of quaternary nitrogens is 1. The lowest BCUT2D eigenvalue weighted by atomic mass is 10.2. The molecule has 1 saturated heterocycles. The van der Waals surface area contributed by atoms with Crippen molar-refractivity contribution < 1.29 is 14.5 Å². The van der Waals surface area contributed by atoms with E-state index in [0.29, 0.717) is 18.5 Å². The number of hydrogen-bond donors (Lipinski definition) is 2. The molecule has 0 radical (unpaired) electrons. The van der Waals surface area contributed by atoms with Crippen LogP contribution in [-0.4, -0.2) is 56.5 Å². The van der Waals surface area contributed by atoms with Crippen LogP contribution >= 0.6 is 15.9 Å². The fraction of sp³-hybridized carbons (Fsp3) is 0.467. The van der Waals surface area contributed by atoms with Gasteiger partial charge in [-0.1, -0.05) is 12.1 Å². The molecule has 1 aromatic rings. The van der Waals surface area contributed by atoms with Crippen LogP contribution in [0.25, 0.3) is 0 Å². The molecule has 2 amide bonds. The number of halogens is 1. The first-order valence-corrected chi connectivity index (χ1v) is 7.99. The molecule has 1 aliphatic heterocycles. The molecular formula is C15H21BrN3O2+. The van der Waals surface area contributed by atoms with Gasteiger partial charge in [-0.3, -0.25) is 9.59 Å². The molecule has 0 unspecified atom stereocenters. The molecule has 0 saturated carbocycles. The molecule has 114 valence electrons. The second-order valence-electron chi connectivity index (χ2n) is 5.32. The maximum atomic E-state index is 12.0. The Morgan fingerprint density at radius 3 is 2.62 bits per heavy atom. The zero-order valence-corrected chi connectivity index (χ0v) is 13.8. The second-order valence-corrected chi connectivity index (χ2v) is 6.18. The molecule has 1 fully saturated rings. The highest BCUT2D eigenvalue weighted by atomic mass is 79.9. The molecule has 5 nitrogen and oxygen atoms in total. The van der Waals surface area contributed by atoms with Crippen molar-refractivity contribution in [3.05, 3.63) is 34.3 Å². The van der Waals surface area contributed by atoms with Gasteiger partial charge in [0, 0.05) is 17.4 Å². The van der Waals surface area contributed by atoms with Gasteiger partial charge in [0.1, 0.15) is 0 Å². The SMILES string of the molecule is C[NH+]1CCN(C(=O)CCNC(=O)c2ccccc2Br)CC1. The molecule has 0 spiro atoms. The Bertz CT molecular complexity index is 513. The Morgan fingerprint density at radius 1 is 1.29 bits per heavy atom. The van der Waals surface area contributed by atoms with Gasteiger partial charge in [-0.15, -0.1) is 0 Å². The first-order chi connectivity index (χ1) is 10.1. The monoisotopic (exact) mass is 354 g/mol. The van der Waals surface area contributed by atoms with E-state index < -0.39 is 0 Å². The van der Waals surface area contributed by atoms with Crippen LogP contribution in [0.2, 0.25) is 0 Å². The van der Waals surface area contributed by atoms with Gasteiger partial charge >= 0.3 is 0 Å². The number of piperazine rings is 1. The van der Waals surface area contributed by atoms with E-state index in [1.807, 2.05) is 23.1 Å². The molecule has 0 aromatic heterocycles. The largest absolute Gasteiger partial charge is 0.351 e. The number of hydrogen-bond acceptors (Lipinski definition) is 2. The summed E-state index contributed by atoms with van der Waals surface area (Å²) in [7, 11) is 2.14. The number of nitrogens with zero attached hydrogens (tertiary/aromatic N) is 1. The summed E-state index contributed by atoms with van der Waals surface area (Å²) in [5.74, 6) is -0.0342. The Kier molecular flexibility index (Phi) is 5.76. The number of nitrogens with one attached hydrogen (secondary N) is 2. The Balaban J connectivity index is 1.75. The van der Waals surface area contributed by atoms with E-state index in [1.54, 1.807) is 6.07 Å². The Morgan fingerprint density at radius 2 is 1.95 bits per heavy atom. The van der Waals surface area contributed by atoms with Crippen LogP contribution in [0.4, 0.5) is 0 Å². The summed E-state index contributed by atoms with van der Waals surface area (Å²) >= 11 is 3.35. The molecule has 0 aliphatic carbocycles. The van der Waals surface area contributed by atoms with E-state index in [2.05, 4.69) is 28.3 Å². The minimum Gasteiger partial charge on any atom is -0.351 e. The van der Waals surface area contributed by atoms with Crippen molar-refractivity contribution >= 4 is 27.7 Å². The zero-order valence-electron chi connectivity index (χ0n) is 12.2. The number of carbonyl (C=O) groups excluding carboxylic acids is 2. The number of amides is 2. The molecule has 21 heavy (non-hydrogen) atoms.